The van der Waals surface area contributed by atoms with Gasteiger partial charge in [-0.1, -0.05) is 26.7 Å². The molecule has 0 amide bonds. The van der Waals surface area contributed by atoms with Gasteiger partial charge in [0.15, 0.2) is 0 Å². The van der Waals surface area contributed by atoms with Crippen LogP contribution < -0.4 is 16.6 Å². The summed E-state index contributed by atoms with van der Waals surface area (Å²) in [6.07, 6.45) is 5.49. The van der Waals surface area contributed by atoms with E-state index in [1.165, 1.54) is 19.3 Å². The Hall–Kier alpha value is -1.29. The molecule has 1 aromatic rings. The predicted octanol–water partition coefficient (Wildman–Crippen LogP) is 2.99. The Morgan fingerprint density at radius 1 is 1.29 bits per heavy atom. The van der Waals surface area contributed by atoms with Crippen LogP contribution in [0.5, 0.6) is 0 Å². The van der Waals surface area contributed by atoms with Crippen LogP contribution in [-0.4, -0.2) is 11.0 Å². The monoisotopic (exact) mass is 236 g/mol. The lowest BCUT2D eigenvalue weighted by Crippen LogP contribution is -2.16. The van der Waals surface area contributed by atoms with Gasteiger partial charge >= 0.3 is 0 Å². The van der Waals surface area contributed by atoms with Gasteiger partial charge in [0.25, 0.3) is 0 Å². The molecule has 0 bridgehead atoms. The molecule has 0 saturated carbocycles. The molecule has 0 aromatic carbocycles. The van der Waals surface area contributed by atoms with Crippen LogP contribution in [0.1, 0.15) is 40.0 Å². The SMILES string of the molecule is CC(C)CCCC(C)Nc1ccnc(NN)c1. The lowest BCUT2D eigenvalue weighted by molar-refractivity contribution is 0.520. The summed E-state index contributed by atoms with van der Waals surface area (Å²) in [5.41, 5.74) is 3.61. The number of hydrogen-bond acceptors (Lipinski definition) is 4. The van der Waals surface area contributed by atoms with Crippen molar-refractivity contribution in [3.8, 4) is 0 Å². The Morgan fingerprint density at radius 3 is 2.71 bits per heavy atom. The molecule has 0 aliphatic rings. The van der Waals surface area contributed by atoms with Crippen molar-refractivity contribution in [1.29, 1.82) is 0 Å². The second-order valence-electron chi connectivity index (χ2n) is 4.94. The Labute approximate surface area is 104 Å². The summed E-state index contributed by atoms with van der Waals surface area (Å²) < 4.78 is 0. The van der Waals surface area contributed by atoms with E-state index < -0.39 is 0 Å². The van der Waals surface area contributed by atoms with Crippen LogP contribution in [0.2, 0.25) is 0 Å². The highest BCUT2D eigenvalue weighted by atomic mass is 15.2. The molecule has 96 valence electrons. The van der Waals surface area contributed by atoms with Crippen LogP contribution in [0, 0.1) is 5.92 Å². The molecule has 0 saturated heterocycles. The molecule has 0 fully saturated rings. The Balaban J connectivity index is 2.36. The number of nitrogens with two attached hydrogens (primary N) is 1. The van der Waals surface area contributed by atoms with Gasteiger partial charge in [0, 0.05) is 24.0 Å². The van der Waals surface area contributed by atoms with Gasteiger partial charge in [-0.05, 0) is 25.3 Å². The zero-order valence-corrected chi connectivity index (χ0v) is 11.0. The van der Waals surface area contributed by atoms with E-state index in [1.54, 1.807) is 6.20 Å². The number of rotatable bonds is 7. The fourth-order valence-corrected chi connectivity index (χ4v) is 1.79. The summed E-state index contributed by atoms with van der Waals surface area (Å²) in [5, 5.41) is 3.45. The molecule has 1 rings (SSSR count). The van der Waals surface area contributed by atoms with E-state index in [1.807, 2.05) is 12.1 Å². The predicted molar refractivity (Wildman–Crippen MR) is 73.8 cm³/mol. The molecule has 1 heterocycles. The summed E-state index contributed by atoms with van der Waals surface area (Å²) in [4.78, 5) is 4.07. The number of hydrazine groups is 1. The molecule has 4 heteroatoms. The molecule has 1 aromatic heterocycles. The maximum absolute atomic E-state index is 5.32. The molecule has 0 spiro atoms. The smallest absolute Gasteiger partial charge is 0.141 e. The molecule has 0 radical (unpaired) electrons. The van der Waals surface area contributed by atoms with Gasteiger partial charge in [-0.15, -0.1) is 0 Å². The van der Waals surface area contributed by atoms with Crippen molar-refractivity contribution >= 4 is 11.5 Å². The van der Waals surface area contributed by atoms with Gasteiger partial charge in [0.2, 0.25) is 0 Å². The molecule has 4 N–H and O–H groups in total. The number of aromatic nitrogens is 1. The summed E-state index contributed by atoms with van der Waals surface area (Å²) in [7, 11) is 0. The van der Waals surface area contributed by atoms with Crippen molar-refractivity contribution in [3.05, 3.63) is 18.3 Å². The Morgan fingerprint density at radius 2 is 2.06 bits per heavy atom. The Kier molecular flexibility index (Phi) is 5.77. The van der Waals surface area contributed by atoms with Crippen molar-refractivity contribution in [2.24, 2.45) is 11.8 Å². The van der Waals surface area contributed by atoms with Crippen molar-refractivity contribution in [1.82, 2.24) is 4.98 Å². The first-order valence-corrected chi connectivity index (χ1v) is 6.31. The Bertz CT molecular complexity index is 325. The molecule has 4 nitrogen and oxygen atoms in total. The zero-order chi connectivity index (χ0) is 12.7. The van der Waals surface area contributed by atoms with E-state index >= 15 is 0 Å². The van der Waals surface area contributed by atoms with Crippen LogP contribution in [0.3, 0.4) is 0 Å². The van der Waals surface area contributed by atoms with Gasteiger partial charge in [0.1, 0.15) is 5.82 Å². The minimum absolute atomic E-state index is 0.474. The third-order valence-electron chi connectivity index (χ3n) is 2.74. The number of nitrogens with zero attached hydrogens (tertiary/aromatic N) is 1. The normalized spacial score (nSPS) is 12.5. The third-order valence-corrected chi connectivity index (χ3v) is 2.74. The van der Waals surface area contributed by atoms with Gasteiger partial charge in [-0.3, -0.25) is 0 Å². The van der Waals surface area contributed by atoms with Crippen molar-refractivity contribution < 1.29 is 0 Å². The van der Waals surface area contributed by atoms with E-state index in [9.17, 15) is 0 Å². The third kappa shape index (κ3) is 5.54. The van der Waals surface area contributed by atoms with E-state index in [4.69, 9.17) is 5.84 Å². The number of nitrogens with one attached hydrogen (secondary N) is 2. The summed E-state index contributed by atoms with van der Waals surface area (Å²) in [5.74, 6) is 6.80. The lowest BCUT2D eigenvalue weighted by atomic mass is 10.0. The summed E-state index contributed by atoms with van der Waals surface area (Å²) in [6, 6.07) is 4.35. The standard InChI is InChI=1S/C13H24N4/c1-10(2)5-4-6-11(3)16-12-7-8-15-13(9-12)17-14/h7-11H,4-6,14H2,1-3H3,(H2,15,16,17). The van der Waals surface area contributed by atoms with Crippen LogP contribution in [0.4, 0.5) is 11.5 Å². The molecule has 1 unspecified atom stereocenters. The number of nitrogen functional groups attached to an aromatic ring is 1. The lowest BCUT2D eigenvalue weighted by Gasteiger charge is -2.16. The second-order valence-corrected chi connectivity index (χ2v) is 4.94. The van der Waals surface area contributed by atoms with E-state index in [0.29, 0.717) is 11.9 Å². The van der Waals surface area contributed by atoms with Crippen LogP contribution in [-0.2, 0) is 0 Å². The minimum Gasteiger partial charge on any atom is -0.382 e. The van der Waals surface area contributed by atoms with Crippen LogP contribution in [0.25, 0.3) is 0 Å². The van der Waals surface area contributed by atoms with Gasteiger partial charge in [-0.25, -0.2) is 10.8 Å². The van der Waals surface area contributed by atoms with Crippen LogP contribution >= 0.6 is 0 Å². The van der Waals surface area contributed by atoms with Crippen molar-refractivity contribution in [2.75, 3.05) is 10.7 Å². The number of pyridine rings is 1. The average Bonchev–Trinajstić information content (AvgIpc) is 2.28. The van der Waals surface area contributed by atoms with Gasteiger partial charge in [0.05, 0.1) is 0 Å². The number of hydrogen-bond donors (Lipinski definition) is 3. The van der Waals surface area contributed by atoms with E-state index in [0.717, 1.165) is 11.6 Å². The minimum atomic E-state index is 0.474. The molecule has 1 atom stereocenters. The molecule has 0 aliphatic heterocycles. The summed E-state index contributed by atoms with van der Waals surface area (Å²) in [6.45, 7) is 6.73. The highest BCUT2D eigenvalue weighted by Gasteiger charge is 2.03. The van der Waals surface area contributed by atoms with Crippen molar-refractivity contribution in [2.45, 2.75) is 46.1 Å². The summed E-state index contributed by atoms with van der Waals surface area (Å²) >= 11 is 0. The highest BCUT2D eigenvalue weighted by Crippen LogP contribution is 2.15. The van der Waals surface area contributed by atoms with Crippen LogP contribution in [0.15, 0.2) is 18.3 Å². The molecular formula is C13H24N4. The topological polar surface area (TPSA) is 63.0 Å². The van der Waals surface area contributed by atoms with Gasteiger partial charge < -0.3 is 10.7 Å². The maximum Gasteiger partial charge on any atom is 0.141 e. The quantitative estimate of drug-likeness (QED) is 0.503. The van der Waals surface area contributed by atoms with Gasteiger partial charge in [-0.2, -0.15) is 0 Å². The number of anilines is 2. The first kappa shape index (κ1) is 13.8. The molecule has 17 heavy (non-hydrogen) atoms. The zero-order valence-electron chi connectivity index (χ0n) is 11.0. The highest BCUT2D eigenvalue weighted by molar-refractivity contribution is 5.51. The fraction of sp³-hybridized carbons (Fsp3) is 0.615. The molecular weight excluding hydrogens is 212 g/mol. The fourth-order valence-electron chi connectivity index (χ4n) is 1.79. The van der Waals surface area contributed by atoms with Crippen molar-refractivity contribution in [3.63, 3.8) is 0 Å². The van der Waals surface area contributed by atoms with E-state index in [2.05, 4.69) is 36.5 Å². The average molecular weight is 236 g/mol. The van der Waals surface area contributed by atoms with E-state index in [-0.39, 0.29) is 0 Å². The first-order chi connectivity index (χ1) is 8.11. The molecule has 0 aliphatic carbocycles. The maximum atomic E-state index is 5.32. The largest absolute Gasteiger partial charge is 0.382 e. The second kappa shape index (κ2) is 7.12. The first-order valence-electron chi connectivity index (χ1n) is 6.31.